The molecule has 0 bridgehead atoms. The molecule has 0 saturated heterocycles. The Hall–Kier alpha value is -1.91. The molecule has 0 aliphatic carbocycles. The second-order valence-electron chi connectivity index (χ2n) is 5.76. The molecule has 0 fully saturated rings. The van der Waals surface area contributed by atoms with Crippen LogP contribution in [0.15, 0.2) is 18.2 Å². The highest BCUT2D eigenvalue weighted by molar-refractivity contribution is 5.71. The van der Waals surface area contributed by atoms with E-state index in [4.69, 9.17) is 5.73 Å². The van der Waals surface area contributed by atoms with Gasteiger partial charge in [0.1, 0.15) is 17.3 Å². The van der Waals surface area contributed by atoms with Gasteiger partial charge in [0.2, 0.25) is 0 Å². The van der Waals surface area contributed by atoms with Gasteiger partial charge >= 0.3 is 0 Å². The van der Waals surface area contributed by atoms with Crippen molar-refractivity contribution in [2.45, 2.75) is 39.7 Å². The average Bonchev–Trinajstić information content (AvgIpc) is 2.69. The fraction of sp³-hybridized carbons (Fsp3) is 0.400. The highest BCUT2D eigenvalue weighted by Crippen LogP contribution is 2.33. The van der Waals surface area contributed by atoms with Gasteiger partial charge in [0.25, 0.3) is 0 Å². The molecule has 0 amide bonds. The van der Waals surface area contributed by atoms with Gasteiger partial charge in [-0.2, -0.15) is 0 Å². The maximum atomic E-state index is 13.9. The van der Waals surface area contributed by atoms with Crippen molar-refractivity contribution in [2.75, 3.05) is 5.73 Å². The quantitative estimate of drug-likeness (QED) is 0.910. The SMILES string of the molecule is CCn1c(C(C)(C)C)nc(-c2cccc(F)c2F)c1N. The first-order valence-corrected chi connectivity index (χ1v) is 6.58. The van der Waals surface area contributed by atoms with Crippen molar-refractivity contribution in [3.63, 3.8) is 0 Å². The topological polar surface area (TPSA) is 43.8 Å². The summed E-state index contributed by atoms with van der Waals surface area (Å²) in [7, 11) is 0. The van der Waals surface area contributed by atoms with E-state index in [1.807, 2.05) is 32.3 Å². The molecule has 0 spiro atoms. The molecule has 0 radical (unpaired) electrons. The van der Waals surface area contributed by atoms with Crippen LogP contribution >= 0.6 is 0 Å². The zero-order valence-electron chi connectivity index (χ0n) is 12.2. The Morgan fingerprint density at radius 2 is 1.90 bits per heavy atom. The van der Waals surface area contributed by atoms with E-state index in [2.05, 4.69) is 4.98 Å². The number of nitrogens with two attached hydrogens (primary N) is 1. The Morgan fingerprint density at radius 1 is 1.25 bits per heavy atom. The van der Waals surface area contributed by atoms with Crippen LogP contribution in [-0.4, -0.2) is 9.55 Å². The van der Waals surface area contributed by atoms with Gasteiger partial charge in [0, 0.05) is 17.5 Å². The molecule has 2 N–H and O–H groups in total. The van der Waals surface area contributed by atoms with Gasteiger partial charge in [-0.1, -0.05) is 26.8 Å². The third-order valence-corrected chi connectivity index (χ3v) is 3.20. The Bertz CT molecular complexity index is 639. The third-order valence-electron chi connectivity index (χ3n) is 3.20. The lowest BCUT2D eigenvalue weighted by Gasteiger charge is -2.19. The number of benzene rings is 1. The summed E-state index contributed by atoms with van der Waals surface area (Å²) in [5.74, 6) is -0.691. The largest absolute Gasteiger partial charge is 0.383 e. The summed E-state index contributed by atoms with van der Waals surface area (Å²) < 4.78 is 29.1. The summed E-state index contributed by atoms with van der Waals surface area (Å²) >= 11 is 0. The number of anilines is 1. The van der Waals surface area contributed by atoms with Crippen molar-refractivity contribution < 1.29 is 8.78 Å². The first-order valence-electron chi connectivity index (χ1n) is 6.58. The van der Waals surface area contributed by atoms with Crippen LogP contribution in [0.25, 0.3) is 11.3 Å². The molecular formula is C15H19F2N3. The summed E-state index contributed by atoms with van der Waals surface area (Å²) in [6, 6.07) is 4.02. The minimum Gasteiger partial charge on any atom is -0.383 e. The Kier molecular flexibility index (Phi) is 3.54. The average molecular weight is 279 g/mol. The van der Waals surface area contributed by atoms with Crippen LogP contribution in [0.3, 0.4) is 0 Å². The number of aromatic nitrogens is 2. The van der Waals surface area contributed by atoms with Crippen LogP contribution in [0, 0.1) is 11.6 Å². The lowest BCUT2D eigenvalue weighted by molar-refractivity contribution is 0.507. The maximum Gasteiger partial charge on any atom is 0.168 e. The van der Waals surface area contributed by atoms with Crippen LogP contribution in [0.5, 0.6) is 0 Å². The molecule has 3 nitrogen and oxygen atoms in total. The standard InChI is InChI=1S/C15H19F2N3/c1-5-20-13(18)12(19-14(20)15(2,3)4)9-7-6-8-10(16)11(9)17/h6-8H,5,18H2,1-4H3. The monoisotopic (exact) mass is 279 g/mol. The Labute approximate surface area is 117 Å². The molecule has 0 unspecified atom stereocenters. The van der Waals surface area contributed by atoms with Gasteiger partial charge in [-0.25, -0.2) is 13.8 Å². The van der Waals surface area contributed by atoms with E-state index in [0.29, 0.717) is 18.1 Å². The molecule has 2 rings (SSSR count). The molecule has 20 heavy (non-hydrogen) atoms. The zero-order chi connectivity index (χ0) is 15.1. The first kappa shape index (κ1) is 14.5. The van der Waals surface area contributed by atoms with Crippen LogP contribution in [-0.2, 0) is 12.0 Å². The number of halogens is 2. The van der Waals surface area contributed by atoms with E-state index in [1.165, 1.54) is 12.1 Å². The van der Waals surface area contributed by atoms with Crippen LogP contribution in [0.2, 0.25) is 0 Å². The van der Waals surface area contributed by atoms with E-state index in [1.54, 1.807) is 0 Å². The second-order valence-corrected chi connectivity index (χ2v) is 5.76. The van der Waals surface area contributed by atoms with Crippen molar-refractivity contribution >= 4 is 5.82 Å². The minimum atomic E-state index is -0.916. The first-order chi connectivity index (χ1) is 9.27. The number of nitrogen functional groups attached to an aromatic ring is 1. The van der Waals surface area contributed by atoms with Gasteiger partial charge < -0.3 is 10.3 Å². The lowest BCUT2D eigenvalue weighted by Crippen LogP contribution is -2.19. The molecule has 2 aromatic rings. The Morgan fingerprint density at radius 3 is 2.40 bits per heavy atom. The number of hydrogen-bond acceptors (Lipinski definition) is 2. The maximum absolute atomic E-state index is 13.9. The number of rotatable bonds is 2. The number of hydrogen-bond donors (Lipinski definition) is 1. The molecule has 108 valence electrons. The van der Waals surface area contributed by atoms with Gasteiger partial charge in [-0.3, -0.25) is 0 Å². The molecule has 1 aromatic heterocycles. The summed E-state index contributed by atoms with van der Waals surface area (Å²) in [5, 5.41) is 0. The Balaban J connectivity index is 2.70. The van der Waals surface area contributed by atoms with Crippen molar-refractivity contribution in [3.05, 3.63) is 35.7 Å². The van der Waals surface area contributed by atoms with Crippen molar-refractivity contribution in [3.8, 4) is 11.3 Å². The highest BCUT2D eigenvalue weighted by Gasteiger charge is 2.26. The molecule has 0 saturated carbocycles. The van der Waals surface area contributed by atoms with E-state index in [-0.39, 0.29) is 11.0 Å². The minimum absolute atomic E-state index is 0.0974. The number of imidazole rings is 1. The third kappa shape index (κ3) is 2.28. The fourth-order valence-electron chi connectivity index (χ4n) is 2.24. The van der Waals surface area contributed by atoms with E-state index < -0.39 is 11.6 Å². The van der Waals surface area contributed by atoms with Gasteiger partial charge in [0.15, 0.2) is 11.6 Å². The number of nitrogens with zero attached hydrogens (tertiary/aromatic N) is 2. The molecule has 0 aliphatic heterocycles. The smallest absolute Gasteiger partial charge is 0.168 e. The fourth-order valence-corrected chi connectivity index (χ4v) is 2.24. The van der Waals surface area contributed by atoms with Crippen LogP contribution < -0.4 is 5.73 Å². The van der Waals surface area contributed by atoms with E-state index in [0.717, 1.165) is 11.9 Å². The molecular weight excluding hydrogens is 260 g/mol. The molecule has 1 heterocycles. The van der Waals surface area contributed by atoms with Gasteiger partial charge in [0.05, 0.1) is 0 Å². The predicted octanol–water partition coefficient (Wildman–Crippen LogP) is 3.73. The van der Waals surface area contributed by atoms with Gasteiger partial charge in [-0.15, -0.1) is 0 Å². The summed E-state index contributed by atoms with van der Waals surface area (Å²) in [4.78, 5) is 4.46. The highest BCUT2D eigenvalue weighted by atomic mass is 19.2. The van der Waals surface area contributed by atoms with Crippen molar-refractivity contribution in [1.82, 2.24) is 9.55 Å². The molecule has 1 aromatic carbocycles. The van der Waals surface area contributed by atoms with E-state index >= 15 is 0 Å². The van der Waals surface area contributed by atoms with Gasteiger partial charge in [-0.05, 0) is 19.1 Å². The van der Waals surface area contributed by atoms with Crippen LogP contribution in [0.4, 0.5) is 14.6 Å². The van der Waals surface area contributed by atoms with Crippen molar-refractivity contribution in [1.29, 1.82) is 0 Å². The summed E-state index contributed by atoms with van der Waals surface area (Å²) in [5.41, 5.74) is 6.24. The summed E-state index contributed by atoms with van der Waals surface area (Å²) in [6.07, 6.45) is 0. The second kappa shape index (κ2) is 4.89. The summed E-state index contributed by atoms with van der Waals surface area (Å²) in [6.45, 7) is 8.59. The zero-order valence-corrected chi connectivity index (χ0v) is 12.2. The van der Waals surface area contributed by atoms with Crippen molar-refractivity contribution in [2.24, 2.45) is 0 Å². The predicted molar refractivity (Wildman–Crippen MR) is 76.4 cm³/mol. The van der Waals surface area contributed by atoms with E-state index in [9.17, 15) is 8.78 Å². The van der Waals surface area contributed by atoms with Crippen LogP contribution in [0.1, 0.15) is 33.5 Å². The molecule has 0 atom stereocenters. The molecule has 5 heteroatoms. The normalized spacial score (nSPS) is 11.9. The lowest BCUT2D eigenvalue weighted by atomic mass is 9.95. The molecule has 0 aliphatic rings.